The maximum atomic E-state index is 12.5. The number of carbonyl (C=O) groups excluding carboxylic acids is 2. The highest BCUT2D eigenvalue weighted by Gasteiger charge is 2.57. The van der Waals surface area contributed by atoms with Crippen LogP contribution < -0.4 is 5.32 Å². The van der Waals surface area contributed by atoms with Crippen molar-refractivity contribution in [1.82, 2.24) is 4.90 Å². The molecule has 1 aliphatic rings. The minimum absolute atomic E-state index is 0.118. The Kier molecular flexibility index (Phi) is 4.81. The van der Waals surface area contributed by atoms with E-state index in [2.05, 4.69) is 12.2 Å². The normalized spacial score (nSPS) is 14.8. The minimum atomic E-state index is -0.939. The number of hydrogen-bond donors (Lipinski definition) is 1. The van der Waals surface area contributed by atoms with Crippen molar-refractivity contribution < 1.29 is 9.59 Å². The highest BCUT2D eigenvalue weighted by molar-refractivity contribution is 6.13. The summed E-state index contributed by atoms with van der Waals surface area (Å²) in [6, 6.07) is 8.86. The summed E-state index contributed by atoms with van der Waals surface area (Å²) in [5.41, 5.74) is -0.0749. The van der Waals surface area contributed by atoms with Crippen molar-refractivity contribution in [2.45, 2.75) is 32.6 Å². The zero-order valence-corrected chi connectivity index (χ0v) is 13.1. The molecular weight excluding hydrogens is 278 g/mol. The van der Waals surface area contributed by atoms with Gasteiger partial charge in [0.25, 0.3) is 0 Å². The van der Waals surface area contributed by atoms with E-state index in [0.29, 0.717) is 30.6 Å². The number of hydrogen-bond acceptors (Lipinski definition) is 3. The SMILES string of the molecule is CCCCN(C)C(=O)C1(C(=O)Nc2ccccc2C#N)CC1. The van der Waals surface area contributed by atoms with E-state index in [9.17, 15) is 9.59 Å². The van der Waals surface area contributed by atoms with Crippen LogP contribution >= 0.6 is 0 Å². The van der Waals surface area contributed by atoms with E-state index in [1.165, 1.54) is 0 Å². The monoisotopic (exact) mass is 299 g/mol. The number of rotatable bonds is 6. The molecule has 2 rings (SSSR count). The Hall–Kier alpha value is -2.35. The van der Waals surface area contributed by atoms with E-state index < -0.39 is 5.41 Å². The first-order valence-corrected chi connectivity index (χ1v) is 7.61. The smallest absolute Gasteiger partial charge is 0.240 e. The average Bonchev–Trinajstić information content (AvgIpc) is 3.34. The van der Waals surface area contributed by atoms with Crippen LogP contribution in [-0.2, 0) is 9.59 Å². The van der Waals surface area contributed by atoms with Crippen molar-refractivity contribution in [3.05, 3.63) is 29.8 Å². The number of para-hydroxylation sites is 1. The third kappa shape index (κ3) is 3.11. The second kappa shape index (κ2) is 6.61. The first-order valence-electron chi connectivity index (χ1n) is 7.61. The molecule has 0 heterocycles. The molecule has 1 aromatic rings. The lowest BCUT2D eigenvalue weighted by atomic mass is 10.0. The van der Waals surface area contributed by atoms with E-state index in [1.807, 2.05) is 6.07 Å². The highest BCUT2D eigenvalue weighted by Crippen LogP contribution is 2.48. The van der Waals surface area contributed by atoms with Crippen LogP contribution in [0, 0.1) is 16.7 Å². The van der Waals surface area contributed by atoms with Crippen molar-refractivity contribution >= 4 is 17.5 Å². The summed E-state index contributed by atoms with van der Waals surface area (Å²) in [6.45, 7) is 2.73. The van der Waals surface area contributed by atoms with Gasteiger partial charge in [-0.2, -0.15) is 5.26 Å². The molecule has 0 saturated heterocycles. The van der Waals surface area contributed by atoms with Gasteiger partial charge in [-0.25, -0.2) is 0 Å². The maximum absolute atomic E-state index is 12.5. The van der Waals surface area contributed by atoms with E-state index >= 15 is 0 Å². The average molecular weight is 299 g/mol. The second-order valence-electron chi connectivity index (χ2n) is 5.77. The molecule has 1 fully saturated rings. The topological polar surface area (TPSA) is 73.2 Å². The summed E-state index contributed by atoms with van der Waals surface area (Å²) in [6.07, 6.45) is 3.08. The van der Waals surface area contributed by atoms with Crippen LogP contribution in [0.5, 0.6) is 0 Å². The van der Waals surface area contributed by atoms with Crippen LogP contribution in [0.4, 0.5) is 5.69 Å². The summed E-state index contributed by atoms with van der Waals surface area (Å²) in [7, 11) is 1.74. The minimum Gasteiger partial charge on any atom is -0.345 e. The van der Waals surface area contributed by atoms with Crippen LogP contribution in [-0.4, -0.2) is 30.3 Å². The van der Waals surface area contributed by atoms with Crippen molar-refractivity contribution in [1.29, 1.82) is 5.26 Å². The van der Waals surface area contributed by atoms with Gasteiger partial charge in [0.15, 0.2) is 0 Å². The molecule has 1 saturated carbocycles. The summed E-state index contributed by atoms with van der Waals surface area (Å²) >= 11 is 0. The molecule has 0 spiro atoms. The molecule has 22 heavy (non-hydrogen) atoms. The lowest BCUT2D eigenvalue weighted by Crippen LogP contribution is -2.41. The Balaban J connectivity index is 2.09. The first-order chi connectivity index (χ1) is 10.5. The van der Waals surface area contributed by atoms with Crippen molar-refractivity contribution in [2.24, 2.45) is 5.41 Å². The molecule has 0 radical (unpaired) electrons. The zero-order chi connectivity index (χ0) is 16.2. The fourth-order valence-corrected chi connectivity index (χ4v) is 2.46. The van der Waals surface area contributed by atoms with Crippen LogP contribution in [0.25, 0.3) is 0 Å². The molecule has 1 N–H and O–H groups in total. The van der Waals surface area contributed by atoms with Gasteiger partial charge in [0.2, 0.25) is 11.8 Å². The van der Waals surface area contributed by atoms with E-state index in [4.69, 9.17) is 5.26 Å². The van der Waals surface area contributed by atoms with E-state index in [0.717, 1.165) is 12.8 Å². The van der Waals surface area contributed by atoms with Gasteiger partial charge in [0, 0.05) is 13.6 Å². The zero-order valence-electron chi connectivity index (χ0n) is 13.1. The molecular formula is C17H21N3O2. The molecule has 0 aromatic heterocycles. The molecule has 0 bridgehead atoms. The number of benzene rings is 1. The number of nitriles is 1. The largest absolute Gasteiger partial charge is 0.345 e. The standard InChI is InChI=1S/C17H21N3O2/c1-3-4-11-20(2)16(22)17(9-10-17)15(21)19-14-8-6-5-7-13(14)12-18/h5-8H,3-4,9-11H2,1-2H3,(H,19,21). The van der Waals surface area contributed by atoms with Crippen LogP contribution in [0.3, 0.4) is 0 Å². The Morgan fingerprint density at radius 3 is 2.64 bits per heavy atom. The molecule has 1 aliphatic carbocycles. The Morgan fingerprint density at radius 1 is 1.36 bits per heavy atom. The highest BCUT2D eigenvalue weighted by atomic mass is 16.2. The number of amides is 2. The van der Waals surface area contributed by atoms with Gasteiger partial charge in [-0.3, -0.25) is 9.59 Å². The molecule has 5 nitrogen and oxygen atoms in total. The number of nitrogens with zero attached hydrogens (tertiary/aromatic N) is 2. The lowest BCUT2D eigenvalue weighted by Gasteiger charge is -2.23. The maximum Gasteiger partial charge on any atom is 0.240 e. The Bertz CT molecular complexity index is 615. The van der Waals surface area contributed by atoms with Crippen molar-refractivity contribution in [3.8, 4) is 6.07 Å². The molecule has 5 heteroatoms. The van der Waals surface area contributed by atoms with Gasteiger partial charge < -0.3 is 10.2 Å². The number of nitrogens with one attached hydrogen (secondary N) is 1. The van der Waals surface area contributed by atoms with Gasteiger partial charge in [0.1, 0.15) is 11.5 Å². The third-order valence-electron chi connectivity index (χ3n) is 4.08. The summed E-state index contributed by atoms with van der Waals surface area (Å²) in [5.74, 6) is -0.420. The van der Waals surface area contributed by atoms with Gasteiger partial charge in [-0.05, 0) is 31.4 Å². The fraction of sp³-hybridized carbons (Fsp3) is 0.471. The van der Waals surface area contributed by atoms with Gasteiger partial charge in [-0.1, -0.05) is 25.5 Å². The van der Waals surface area contributed by atoms with Crippen LogP contribution in [0.1, 0.15) is 38.2 Å². The number of anilines is 1. The third-order valence-corrected chi connectivity index (χ3v) is 4.08. The van der Waals surface area contributed by atoms with Gasteiger partial charge in [-0.15, -0.1) is 0 Å². The predicted molar refractivity (Wildman–Crippen MR) is 84.0 cm³/mol. The molecule has 0 aliphatic heterocycles. The fourth-order valence-electron chi connectivity index (χ4n) is 2.46. The van der Waals surface area contributed by atoms with E-state index in [-0.39, 0.29) is 11.8 Å². The first kappa shape index (κ1) is 16.0. The quantitative estimate of drug-likeness (QED) is 0.820. The van der Waals surface area contributed by atoms with E-state index in [1.54, 1.807) is 36.2 Å². The molecule has 0 unspecified atom stereocenters. The molecule has 0 atom stereocenters. The van der Waals surface area contributed by atoms with Crippen LogP contribution in [0.15, 0.2) is 24.3 Å². The van der Waals surface area contributed by atoms with Crippen molar-refractivity contribution in [2.75, 3.05) is 18.9 Å². The Labute approximate surface area is 130 Å². The number of carbonyl (C=O) groups is 2. The van der Waals surface area contributed by atoms with Crippen LogP contribution in [0.2, 0.25) is 0 Å². The summed E-state index contributed by atoms with van der Waals surface area (Å²) < 4.78 is 0. The predicted octanol–water partition coefficient (Wildman–Crippen LogP) is 2.54. The van der Waals surface area contributed by atoms with Crippen molar-refractivity contribution in [3.63, 3.8) is 0 Å². The summed E-state index contributed by atoms with van der Waals surface area (Å²) in [5, 5.41) is 11.8. The molecule has 2 amide bonds. The molecule has 116 valence electrons. The van der Waals surface area contributed by atoms with Gasteiger partial charge in [0.05, 0.1) is 11.3 Å². The molecule has 1 aromatic carbocycles. The van der Waals surface area contributed by atoms with Gasteiger partial charge >= 0.3 is 0 Å². The lowest BCUT2D eigenvalue weighted by molar-refractivity contribution is -0.141. The Morgan fingerprint density at radius 2 is 2.05 bits per heavy atom. The number of unbranched alkanes of at least 4 members (excludes halogenated alkanes) is 1. The summed E-state index contributed by atoms with van der Waals surface area (Å²) in [4.78, 5) is 26.7. The second-order valence-corrected chi connectivity index (χ2v) is 5.77.